The highest BCUT2D eigenvalue weighted by molar-refractivity contribution is 5.90. The van der Waals surface area contributed by atoms with Gasteiger partial charge in [0.05, 0.1) is 0 Å². The van der Waals surface area contributed by atoms with Crippen molar-refractivity contribution in [3.63, 3.8) is 0 Å². The summed E-state index contributed by atoms with van der Waals surface area (Å²) >= 11 is 0. The molecular weight excluding hydrogens is 166 g/mol. The van der Waals surface area contributed by atoms with E-state index in [0.717, 1.165) is 0 Å². The molecule has 0 fully saturated rings. The molecule has 5 heteroatoms. The summed E-state index contributed by atoms with van der Waals surface area (Å²) in [7, 11) is 0. The van der Waals surface area contributed by atoms with Crippen molar-refractivity contribution in [3.8, 4) is 0 Å². The molecule has 0 unspecified atom stereocenters. The molecule has 11 heavy (non-hydrogen) atoms. The van der Waals surface area contributed by atoms with Gasteiger partial charge in [0.15, 0.2) is 0 Å². The molecule has 0 saturated heterocycles. The van der Waals surface area contributed by atoms with Gasteiger partial charge in [0.2, 0.25) is 5.91 Å². The molecule has 0 saturated carbocycles. The van der Waals surface area contributed by atoms with E-state index in [9.17, 15) is 4.79 Å². The van der Waals surface area contributed by atoms with Crippen molar-refractivity contribution in [1.29, 1.82) is 0 Å². The summed E-state index contributed by atoms with van der Waals surface area (Å²) in [5, 5.41) is 0. The summed E-state index contributed by atoms with van der Waals surface area (Å²) in [4.78, 5) is 9.82. The second kappa shape index (κ2) is 12.1. The van der Waals surface area contributed by atoms with E-state index in [4.69, 9.17) is 17.2 Å². The molecule has 0 aliphatic rings. The zero-order valence-corrected chi connectivity index (χ0v) is 7.49. The molecule has 0 aromatic carbocycles. The van der Waals surface area contributed by atoms with E-state index in [1.807, 2.05) is 0 Å². The normalized spacial score (nSPS) is 6.82. The highest BCUT2D eigenvalue weighted by Gasteiger charge is 1.86. The van der Waals surface area contributed by atoms with Gasteiger partial charge in [-0.2, -0.15) is 0 Å². The lowest BCUT2D eigenvalue weighted by molar-refractivity contribution is -0.114. The molecule has 0 aromatic rings. The predicted octanol–water partition coefficient (Wildman–Crippen LogP) is -0.627. The van der Waals surface area contributed by atoms with Crippen LogP contribution < -0.4 is 17.2 Å². The van der Waals surface area contributed by atoms with Crippen molar-refractivity contribution >= 4 is 18.3 Å². The third kappa shape index (κ3) is 26.5. The van der Waals surface area contributed by atoms with Crippen LogP contribution in [0.1, 0.15) is 6.92 Å². The Balaban J connectivity index is -0.000000114. The highest BCUT2D eigenvalue weighted by Crippen LogP contribution is 1.78. The van der Waals surface area contributed by atoms with Gasteiger partial charge in [-0.1, -0.05) is 6.58 Å². The van der Waals surface area contributed by atoms with E-state index in [1.165, 1.54) is 0 Å². The summed E-state index contributed by atoms with van der Waals surface area (Å²) in [6.07, 6.45) is 0. The van der Waals surface area contributed by atoms with Crippen LogP contribution in [0.15, 0.2) is 12.2 Å². The standard InChI is InChI=1S/C4H7NO.C2H8N2.ClH/c1-3(2)4(5)6;3-1-2-4;/h1H2,2H3,(H2,5,6);1-4H2;1H. The first-order chi connectivity index (χ1) is 4.56. The van der Waals surface area contributed by atoms with Gasteiger partial charge in [-0.25, -0.2) is 0 Å². The van der Waals surface area contributed by atoms with E-state index in [2.05, 4.69) is 6.58 Å². The maximum Gasteiger partial charge on any atom is 0.243 e. The lowest BCUT2D eigenvalue weighted by Gasteiger charge is -1.81. The van der Waals surface area contributed by atoms with E-state index in [-0.39, 0.29) is 12.4 Å². The summed E-state index contributed by atoms with van der Waals surface area (Å²) in [6.45, 7) is 6.05. The monoisotopic (exact) mass is 181 g/mol. The Kier molecular flexibility index (Phi) is 18.5. The number of halogens is 1. The fourth-order valence-corrected chi connectivity index (χ4v) is 0. The van der Waals surface area contributed by atoms with Crippen LogP contribution in [0.2, 0.25) is 0 Å². The number of rotatable bonds is 2. The van der Waals surface area contributed by atoms with Gasteiger partial charge in [-0.15, -0.1) is 12.4 Å². The molecule has 0 aromatic heterocycles. The molecule has 0 rings (SSSR count). The van der Waals surface area contributed by atoms with Gasteiger partial charge in [0.25, 0.3) is 0 Å². The van der Waals surface area contributed by atoms with Crippen molar-refractivity contribution in [2.24, 2.45) is 17.2 Å². The summed E-state index contributed by atoms with van der Waals surface area (Å²) in [5.74, 6) is -0.435. The minimum Gasteiger partial charge on any atom is -0.366 e. The van der Waals surface area contributed by atoms with Gasteiger partial charge in [-0.05, 0) is 6.92 Å². The first-order valence-corrected chi connectivity index (χ1v) is 2.91. The van der Waals surface area contributed by atoms with Gasteiger partial charge in [0.1, 0.15) is 0 Å². The Morgan fingerprint density at radius 1 is 1.36 bits per heavy atom. The molecule has 0 spiro atoms. The number of carbonyl (C=O) groups excluding carboxylic acids is 1. The average Bonchev–Trinajstić information content (AvgIpc) is 1.89. The number of hydrogen-bond donors (Lipinski definition) is 3. The number of carbonyl (C=O) groups is 1. The van der Waals surface area contributed by atoms with E-state index >= 15 is 0 Å². The van der Waals surface area contributed by atoms with Gasteiger partial charge in [0, 0.05) is 18.7 Å². The summed E-state index contributed by atoms with van der Waals surface area (Å²) in [6, 6.07) is 0. The Bertz CT molecular complexity index is 102. The van der Waals surface area contributed by atoms with E-state index in [1.54, 1.807) is 6.92 Å². The maximum absolute atomic E-state index is 9.82. The van der Waals surface area contributed by atoms with Crippen LogP contribution >= 0.6 is 12.4 Å². The van der Waals surface area contributed by atoms with Crippen LogP contribution in [0.3, 0.4) is 0 Å². The molecule has 0 aliphatic carbocycles. The summed E-state index contributed by atoms with van der Waals surface area (Å²) in [5.41, 5.74) is 14.9. The Hall–Kier alpha value is -0.580. The molecule has 0 heterocycles. The van der Waals surface area contributed by atoms with Crippen molar-refractivity contribution in [3.05, 3.63) is 12.2 Å². The minimum absolute atomic E-state index is 0. The third-order valence-electron chi connectivity index (χ3n) is 0.587. The topological polar surface area (TPSA) is 95.1 Å². The van der Waals surface area contributed by atoms with Crippen LogP contribution in [-0.2, 0) is 4.79 Å². The van der Waals surface area contributed by atoms with Gasteiger partial charge >= 0.3 is 0 Å². The zero-order valence-electron chi connectivity index (χ0n) is 6.67. The molecule has 68 valence electrons. The Morgan fingerprint density at radius 3 is 1.55 bits per heavy atom. The van der Waals surface area contributed by atoms with E-state index < -0.39 is 5.91 Å². The highest BCUT2D eigenvalue weighted by atomic mass is 35.5. The van der Waals surface area contributed by atoms with Crippen LogP contribution in [0.5, 0.6) is 0 Å². The molecule has 0 atom stereocenters. The van der Waals surface area contributed by atoms with Crippen molar-refractivity contribution in [1.82, 2.24) is 0 Å². The molecule has 0 radical (unpaired) electrons. The lowest BCUT2D eigenvalue weighted by atomic mass is 10.3. The number of nitrogens with two attached hydrogens (primary N) is 3. The van der Waals surface area contributed by atoms with E-state index in [0.29, 0.717) is 18.7 Å². The first-order valence-electron chi connectivity index (χ1n) is 2.91. The van der Waals surface area contributed by atoms with Crippen molar-refractivity contribution in [2.75, 3.05) is 13.1 Å². The van der Waals surface area contributed by atoms with Crippen LogP contribution in [0, 0.1) is 0 Å². The first kappa shape index (κ1) is 16.8. The second-order valence-electron chi connectivity index (χ2n) is 1.72. The molecule has 4 nitrogen and oxygen atoms in total. The molecular formula is C6H16ClN3O. The van der Waals surface area contributed by atoms with Crippen LogP contribution in [0.25, 0.3) is 0 Å². The quantitative estimate of drug-likeness (QED) is 0.496. The molecule has 0 aliphatic heterocycles. The van der Waals surface area contributed by atoms with Crippen LogP contribution in [-0.4, -0.2) is 19.0 Å². The number of amides is 1. The maximum atomic E-state index is 9.82. The third-order valence-corrected chi connectivity index (χ3v) is 0.587. The van der Waals surface area contributed by atoms with Crippen molar-refractivity contribution < 1.29 is 4.79 Å². The Labute approximate surface area is 73.2 Å². The largest absolute Gasteiger partial charge is 0.366 e. The van der Waals surface area contributed by atoms with Crippen molar-refractivity contribution in [2.45, 2.75) is 6.92 Å². The number of primary amides is 1. The molecule has 1 amide bonds. The van der Waals surface area contributed by atoms with Gasteiger partial charge < -0.3 is 17.2 Å². The smallest absolute Gasteiger partial charge is 0.243 e. The minimum atomic E-state index is -0.435. The van der Waals surface area contributed by atoms with Crippen LogP contribution in [0.4, 0.5) is 0 Å². The zero-order chi connectivity index (χ0) is 8.57. The molecule has 0 bridgehead atoms. The number of hydrogen-bond acceptors (Lipinski definition) is 3. The predicted molar refractivity (Wildman–Crippen MR) is 49.4 cm³/mol. The average molecular weight is 182 g/mol. The molecule has 6 N–H and O–H groups in total. The fourth-order valence-electron chi connectivity index (χ4n) is 0. The summed E-state index contributed by atoms with van der Waals surface area (Å²) < 4.78 is 0. The van der Waals surface area contributed by atoms with Gasteiger partial charge in [-0.3, -0.25) is 4.79 Å². The fraction of sp³-hybridized carbons (Fsp3) is 0.500. The second-order valence-corrected chi connectivity index (χ2v) is 1.72. The SMILES string of the molecule is C=C(C)C(N)=O.Cl.NCCN. The Morgan fingerprint density at radius 2 is 1.55 bits per heavy atom. The lowest BCUT2D eigenvalue weighted by Crippen LogP contribution is -2.11.